The van der Waals surface area contributed by atoms with Crippen molar-refractivity contribution in [2.75, 3.05) is 62.7 Å². The van der Waals surface area contributed by atoms with Crippen molar-refractivity contribution >= 4 is 34.9 Å². The van der Waals surface area contributed by atoms with E-state index in [1.54, 1.807) is 44.9 Å². The number of piperazine rings is 1. The van der Waals surface area contributed by atoms with Gasteiger partial charge in [-0.3, -0.25) is 14.6 Å². The van der Waals surface area contributed by atoms with Crippen LogP contribution in [0.1, 0.15) is 10.5 Å². The molecule has 0 spiro atoms. The lowest BCUT2D eigenvalue weighted by atomic mass is 10.2. The molecule has 0 aliphatic carbocycles. The largest absolute Gasteiger partial charge is 0.472 e. The molecular weight excluding hydrogens is 523 g/mol. The summed E-state index contributed by atoms with van der Waals surface area (Å²) < 4.78 is 27.1. The standard InChI is InChI=1S/C26H29FN8O5/c1-17-35(15-19(40-17)12-30-26(38)39-2)18-3-4-22(20(27)11-18)32-7-9-33(10-8-32)24(36)14-29-25(37)21-16-34-6-5-28-13-23(34)31-21/h3-6,11,13,16,19H,1,7-10,12,14-15H2,2H3,(H,29,37)(H,30,38). The van der Waals surface area contributed by atoms with Crippen LogP contribution >= 0.6 is 0 Å². The zero-order chi connectivity index (χ0) is 28.2. The van der Waals surface area contributed by atoms with Crippen LogP contribution < -0.4 is 20.4 Å². The van der Waals surface area contributed by atoms with Crippen LogP contribution in [0.4, 0.5) is 20.6 Å². The van der Waals surface area contributed by atoms with E-state index in [0.29, 0.717) is 55.6 Å². The number of alkyl carbamates (subject to hydrolysis) is 1. The highest BCUT2D eigenvalue weighted by molar-refractivity contribution is 5.95. The number of methoxy groups -OCH3 is 1. The lowest BCUT2D eigenvalue weighted by Crippen LogP contribution is -2.51. The number of halogens is 1. The minimum atomic E-state index is -0.559. The van der Waals surface area contributed by atoms with E-state index in [0.717, 1.165) is 0 Å². The number of aromatic nitrogens is 3. The Bertz CT molecular complexity index is 1400. The number of amides is 3. The molecule has 13 nitrogen and oxygen atoms in total. The fraction of sp³-hybridized carbons (Fsp3) is 0.346. The van der Waals surface area contributed by atoms with E-state index in [-0.39, 0.29) is 30.8 Å². The van der Waals surface area contributed by atoms with Crippen LogP contribution in [0.15, 0.2) is 55.4 Å². The molecule has 1 atom stereocenters. The Balaban J connectivity index is 1.11. The maximum Gasteiger partial charge on any atom is 0.406 e. The fourth-order valence-electron chi connectivity index (χ4n) is 4.65. The molecule has 0 radical (unpaired) electrons. The fourth-order valence-corrected chi connectivity index (χ4v) is 4.65. The van der Waals surface area contributed by atoms with Crippen LogP contribution in [0.2, 0.25) is 0 Å². The van der Waals surface area contributed by atoms with Crippen LogP contribution in [-0.4, -0.2) is 96.2 Å². The Morgan fingerprint density at radius 3 is 2.73 bits per heavy atom. The summed E-state index contributed by atoms with van der Waals surface area (Å²) in [7, 11) is 1.28. The van der Waals surface area contributed by atoms with Crippen molar-refractivity contribution in [3.05, 3.63) is 67.0 Å². The summed E-state index contributed by atoms with van der Waals surface area (Å²) in [5.41, 5.74) is 1.74. The summed E-state index contributed by atoms with van der Waals surface area (Å²) in [6.45, 7) is 6.01. The lowest BCUT2D eigenvalue weighted by Gasteiger charge is -2.36. The number of fused-ring (bicyclic) bond motifs is 1. The van der Waals surface area contributed by atoms with Crippen LogP contribution in [0, 0.1) is 5.82 Å². The number of carbonyl (C=O) groups is 3. The van der Waals surface area contributed by atoms with Crippen LogP contribution in [0.3, 0.4) is 0 Å². The van der Waals surface area contributed by atoms with Crippen molar-refractivity contribution in [3.63, 3.8) is 0 Å². The molecule has 1 unspecified atom stereocenters. The topological polar surface area (TPSA) is 134 Å². The van der Waals surface area contributed by atoms with Crippen LogP contribution in [0.5, 0.6) is 0 Å². The van der Waals surface area contributed by atoms with E-state index in [1.807, 2.05) is 4.90 Å². The zero-order valence-corrected chi connectivity index (χ0v) is 21.9. The number of hydrogen-bond acceptors (Lipinski definition) is 9. The first-order chi connectivity index (χ1) is 19.3. The molecule has 3 amide bonds. The summed E-state index contributed by atoms with van der Waals surface area (Å²) in [6.07, 6.45) is 5.47. The third kappa shape index (κ3) is 5.75. The molecular formula is C26H29FN8O5. The van der Waals surface area contributed by atoms with E-state index in [1.165, 1.54) is 19.4 Å². The number of hydrogen-bond donors (Lipinski definition) is 2. The highest BCUT2D eigenvalue weighted by Crippen LogP contribution is 2.31. The molecule has 0 bridgehead atoms. The lowest BCUT2D eigenvalue weighted by molar-refractivity contribution is -0.130. The molecule has 1 aromatic carbocycles. The third-order valence-corrected chi connectivity index (χ3v) is 6.76. The van der Waals surface area contributed by atoms with E-state index in [9.17, 15) is 14.4 Å². The van der Waals surface area contributed by atoms with Gasteiger partial charge in [0, 0.05) is 50.5 Å². The SMILES string of the molecule is C=C1OC(CNC(=O)OC)CN1c1ccc(N2CCN(C(=O)CNC(=O)c3cn4ccncc4n3)CC2)c(F)c1. The van der Waals surface area contributed by atoms with Gasteiger partial charge in [-0.05, 0) is 24.8 Å². The second kappa shape index (κ2) is 11.5. The molecule has 14 heteroatoms. The van der Waals surface area contributed by atoms with Crippen LogP contribution in [0.25, 0.3) is 5.65 Å². The molecule has 4 heterocycles. The third-order valence-electron chi connectivity index (χ3n) is 6.76. The Morgan fingerprint density at radius 2 is 2.00 bits per heavy atom. The Hall–Kier alpha value is -4.88. The smallest absolute Gasteiger partial charge is 0.406 e. The molecule has 2 aliphatic heterocycles. The van der Waals surface area contributed by atoms with E-state index in [4.69, 9.17) is 4.74 Å². The molecule has 5 rings (SSSR count). The summed E-state index contributed by atoms with van der Waals surface area (Å²) in [6, 6.07) is 4.90. The summed E-state index contributed by atoms with van der Waals surface area (Å²) in [5, 5.41) is 5.19. The van der Waals surface area contributed by atoms with E-state index in [2.05, 4.69) is 31.9 Å². The summed E-state index contributed by atoms with van der Waals surface area (Å²) in [4.78, 5) is 49.9. The van der Waals surface area contributed by atoms with Crippen molar-refractivity contribution in [1.29, 1.82) is 0 Å². The average molecular weight is 553 g/mol. The number of benzene rings is 1. The van der Waals surface area contributed by atoms with Gasteiger partial charge in [-0.2, -0.15) is 0 Å². The molecule has 2 aromatic heterocycles. The Morgan fingerprint density at radius 1 is 1.20 bits per heavy atom. The predicted octanol–water partition coefficient (Wildman–Crippen LogP) is 0.979. The summed E-state index contributed by atoms with van der Waals surface area (Å²) >= 11 is 0. The molecule has 3 aromatic rings. The highest BCUT2D eigenvalue weighted by atomic mass is 19.1. The minimum absolute atomic E-state index is 0.161. The quantitative estimate of drug-likeness (QED) is 0.440. The number of ether oxygens (including phenoxy) is 2. The first kappa shape index (κ1) is 26.7. The first-order valence-corrected chi connectivity index (χ1v) is 12.7. The maximum absolute atomic E-state index is 15.2. The molecule has 40 heavy (non-hydrogen) atoms. The molecule has 2 fully saturated rings. The number of rotatable bonds is 7. The molecule has 210 valence electrons. The van der Waals surface area contributed by atoms with Gasteiger partial charge in [0.1, 0.15) is 17.6 Å². The van der Waals surface area contributed by atoms with Gasteiger partial charge < -0.3 is 39.2 Å². The van der Waals surface area contributed by atoms with Gasteiger partial charge in [-0.15, -0.1) is 0 Å². The Labute approximate surface area is 229 Å². The number of nitrogens with zero attached hydrogens (tertiary/aromatic N) is 6. The minimum Gasteiger partial charge on any atom is -0.472 e. The molecule has 2 saturated heterocycles. The summed E-state index contributed by atoms with van der Waals surface area (Å²) in [5.74, 6) is -0.717. The molecule has 2 aliphatic rings. The van der Waals surface area contributed by atoms with Crippen molar-refractivity contribution in [1.82, 2.24) is 29.9 Å². The Kier molecular flexibility index (Phi) is 7.66. The van der Waals surface area contributed by atoms with Gasteiger partial charge in [-0.25, -0.2) is 14.2 Å². The van der Waals surface area contributed by atoms with Crippen molar-refractivity contribution in [2.24, 2.45) is 0 Å². The zero-order valence-electron chi connectivity index (χ0n) is 21.9. The maximum atomic E-state index is 15.2. The average Bonchev–Trinajstić information content (AvgIpc) is 3.58. The molecule has 0 saturated carbocycles. The van der Waals surface area contributed by atoms with Gasteiger partial charge in [-0.1, -0.05) is 0 Å². The first-order valence-electron chi connectivity index (χ1n) is 12.7. The highest BCUT2D eigenvalue weighted by Gasteiger charge is 2.29. The second-order valence-corrected chi connectivity index (χ2v) is 9.27. The van der Waals surface area contributed by atoms with Gasteiger partial charge >= 0.3 is 6.09 Å². The van der Waals surface area contributed by atoms with Gasteiger partial charge in [0.2, 0.25) is 5.91 Å². The van der Waals surface area contributed by atoms with Crippen molar-refractivity contribution < 1.29 is 28.2 Å². The van der Waals surface area contributed by atoms with Gasteiger partial charge in [0.05, 0.1) is 38.6 Å². The number of carbonyl (C=O) groups excluding carboxylic acids is 3. The number of nitrogens with one attached hydrogen (secondary N) is 2. The van der Waals surface area contributed by atoms with Crippen molar-refractivity contribution in [3.8, 4) is 0 Å². The number of imidazole rings is 1. The van der Waals surface area contributed by atoms with E-state index >= 15 is 4.39 Å². The van der Waals surface area contributed by atoms with E-state index < -0.39 is 17.8 Å². The normalized spacial score (nSPS) is 17.1. The number of anilines is 2. The van der Waals surface area contributed by atoms with Gasteiger partial charge in [0.25, 0.3) is 5.91 Å². The van der Waals surface area contributed by atoms with Gasteiger partial charge in [0.15, 0.2) is 11.5 Å². The van der Waals surface area contributed by atoms with Crippen molar-refractivity contribution in [2.45, 2.75) is 6.10 Å². The van der Waals surface area contributed by atoms with Crippen LogP contribution in [-0.2, 0) is 14.3 Å². The predicted molar refractivity (Wildman–Crippen MR) is 142 cm³/mol. The molecule has 2 N–H and O–H groups in total. The monoisotopic (exact) mass is 552 g/mol. The second-order valence-electron chi connectivity index (χ2n) is 9.27.